The topological polar surface area (TPSA) is 92.7 Å². The Balaban J connectivity index is 1.77. The highest BCUT2D eigenvalue weighted by Crippen LogP contribution is 2.23. The molecular weight excluding hydrogens is 302 g/mol. The molecule has 0 unspecified atom stereocenters. The zero-order valence-corrected chi connectivity index (χ0v) is 13.7. The first kappa shape index (κ1) is 15.7. The zero-order chi connectivity index (χ0) is 17.1. The second-order valence-electron chi connectivity index (χ2n) is 5.71. The van der Waals surface area contributed by atoms with Gasteiger partial charge in [0.2, 0.25) is 0 Å². The maximum atomic E-state index is 9.45. The molecule has 1 fully saturated rings. The van der Waals surface area contributed by atoms with Crippen molar-refractivity contribution in [1.29, 1.82) is 10.5 Å². The third-order valence-corrected chi connectivity index (χ3v) is 4.33. The highest BCUT2D eigenvalue weighted by molar-refractivity contribution is 5.58. The van der Waals surface area contributed by atoms with E-state index in [9.17, 15) is 5.26 Å². The minimum Gasteiger partial charge on any atom is -0.353 e. The maximum Gasteiger partial charge on any atom is 0.169 e. The molecule has 0 spiro atoms. The van der Waals surface area contributed by atoms with E-state index < -0.39 is 0 Å². The van der Waals surface area contributed by atoms with E-state index in [1.165, 1.54) is 0 Å². The summed E-state index contributed by atoms with van der Waals surface area (Å²) in [7, 11) is 0. The Morgan fingerprint density at radius 1 is 1.00 bits per heavy atom. The number of nitrogens with zero attached hydrogens (tertiary/aromatic N) is 7. The summed E-state index contributed by atoms with van der Waals surface area (Å²) in [5.41, 5.74) is 2.87. The Morgan fingerprint density at radius 2 is 1.71 bits per heavy atom. The molecule has 120 valence electrons. The largest absolute Gasteiger partial charge is 0.353 e. The van der Waals surface area contributed by atoms with Gasteiger partial charge in [-0.05, 0) is 31.5 Å². The third-order valence-electron chi connectivity index (χ3n) is 4.33. The summed E-state index contributed by atoms with van der Waals surface area (Å²) >= 11 is 0. The highest BCUT2D eigenvalue weighted by atomic mass is 15.3. The van der Waals surface area contributed by atoms with Crippen LogP contribution in [0.3, 0.4) is 0 Å². The van der Waals surface area contributed by atoms with E-state index in [0.717, 1.165) is 43.3 Å². The van der Waals surface area contributed by atoms with Crippen molar-refractivity contribution in [3.05, 3.63) is 40.7 Å². The first-order valence-corrected chi connectivity index (χ1v) is 7.74. The van der Waals surface area contributed by atoms with Gasteiger partial charge in [-0.1, -0.05) is 0 Å². The van der Waals surface area contributed by atoms with E-state index in [1.807, 2.05) is 13.8 Å². The van der Waals surface area contributed by atoms with E-state index in [1.54, 1.807) is 18.3 Å². The molecule has 1 aliphatic heterocycles. The van der Waals surface area contributed by atoms with Crippen molar-refractivity contribution in [2.75, 3.05) is 36.0 Å². The van der Waals surface area contributed by atoms with Gasteiger partial charge in [-0.25, -0.2) is 4.98 Å². The van der Waals surface area contributed by atoms with E-state index in [2.05, 4.69) is 37.1 Å². The standard InChI is InChI=1S/C17H17N7/c1-12-13(2)21-22-17(15(12)11-19)24-7-5-23(6-8-24)16-9-14(10-18)3-4-20-16/h3-4,9H,5-8H2,1-2H3. The van der Waals surface area contributed by atoms with Crippen LogP contribution in [0.15, 0.2) is 18.3 Å². The summed E-state index contributed by atoms with van der Waals surface area (Å²) < 4.78 is 0. The van der Waals surface area contributed by atoms with Crippen LogP contribution in [0.5, 0.6) is 0 Å². The second-order valence-corrected chi connectivity index (χ2v) is 5.71. The molecule has 2 aromatic heterocycles. The van der Waals surface area contributed by atoms with Crippen molar-refractivity contribution in [1.82, 2.24) is 15.2 Å². The fraction of sp³-hybridized carbons (Fsp3) is 0.353. The molecule has 7 heteroatoms. The Labute approximate surface area is 140 Å². The van der Waals surface area contributed by atoms with Gasteiger partial charge in [0.1, 0.15) is 17.5 Å². The van der Waals surface area contributed by atoms with Crippen LogP contribution < -0.4 is 9.80 Å². The highest BCUT2D eigenvalue weighted by Gasteiger charge is 2.23. The lowest BCUT2D eigenvalue weighted by atomic mass is 10.1. The first-order chi connectivity index (χ1) is 11.6. The predicted molar refractivity (Wildman–Crippen MR) is 89.6 cm³/mol. The third kappa shape index (κ3) is 2.84. The summed E-state index contributed by atoms with van der Waals surface area (Å²) in [6, 6.07) is 7.89. The SMILES string of the molecule is Cc1nnc(N2CCN(c3cc(C#N)ccn3)CC2)c(C#N)c1C. The van der Waals surface area contributed by atoms with Gasteiger partial charge in [-0.15, -0.1) is 5.10 Å². The average Bonchev–Trinajstić information content (AvgIpc) is 2.64. The lowest BCUT2D eigenvalue weighted by molar-refractivity contribution is 0.636. The smallest absolute Gasteiger partial charge is 0.169 e. The van der Waals surface area contributed by atoms with Crippen LogP contribution in [0.25, 0.3) is 0 Å². The number of hydrogen-bond acceptors (Lipinski definition) is 7. The Hall–Kier alpha value is -3.19. The predicted octanol–water partition coefficient (Wildman–Crippen LogP) is 1.56. The molecule has 2 aromatic rings. The number of piperazine rings is 1. The van der Waals surface area contributed by atoms with Gasteiger partial charge in [0.15, 0.2) is 5.82 Å². The molecule has 0 radical (unpaired) electrons. The number of anilines is 2. The molecule has 3 rings (SSSR count). The summed E-state index contributed by atoms with van der Waals surface area (Å²) in [4.78, 5) is 8.57. The monoisotopic (exact) mass is 319 g/mol. The van der Waals surface area contributed by atoms with Gasteiger partial charge in [-0.2, -0.15) is 15.6 Å². The number of pyridine rings is 1. The van der Waals surface area contributed by atoms with Crippen molar-refractivity contribution in [3.63, 3.8) is 0 Å². The van der Waals surface area contributed by atoms with E-state index >= 15 is 0 Å². The number of rotatable bonds is 2. The molecule has 7 nitrogen and oxygen atoms in total. The maximum absolute atomic E-state index is 9.45. The van der Waals surface area contributed by atoms with Crippen LogP contribution in [-0.4, -0.2) is 41.4 Å². The van der Waals surface area contributed by atoms with E-state index in [4.69, 9.17) is 5.26 Å². The summed E-state index contributed by atoms with van der Waals surface area (Å²) in [5, 5.41) is 26.8. The van der Waals surface area contributed by atoms with Crippen molar-refractivity contribution in [2.24, 2.45) is 0 Å². The summed E-state index contributed by atoms with van der Waals surface area (Å²) in [6.45, 7) is 6.72. The first-order valence-electron chi connectivity index (χ1n) is 7.74. The average molecular weight is 319 g/mol. The Kier molecular flexibility index (Phi) is 4.26. The fourth-order valence-electron chi connectivity index (χ4n) is 2.76. The quantitative estimate of drug-likeness (QED) is 0.829. The molecule has 0 bridgehead atoms. The molecule has 3 heterocycles. The fourth-order valence-corrected chi connectivity index (χ4v) is 2.76. The molecule has 0 aromatic carbocycles. The Morgan fingerprint density at radius 3 is 2.38 bits per heavy atom. The molecule has 24 heavy (non-hydrogen) atoms. The van der Waals surface area contributed by atoms with Crippen molar-refractivity contribution in [3.8, 4) is 12.1 Å². The Bertz CT molecular complexity index is 839. The van der Waals surface area contributed by atoms with Crippen molar-refractivity contribution in [2.45, 2.75) is 13.8 Å². The molecule has 0 amide bonds. The van der Waals surface area contributed by atoms with Gasteiger partial charge in [0.25, 0.3) is 0 Å². The minimum absolute atomic E-state index is 0.598. The van der Waals surface area contributed by atoms with Crippen LogP contribution in [0.2, 0.25) is 0 Å². The van der Waals surface area contributed by atoms with Crippen LogP contribution in [-0.2, 0) is 0 Å². The van der Waals surface area contributed by atoms with Gasteiger partial charge in [-0.3, -0.25) is 0 Å². The van der Waals surface area contributed by atoms with Crippen LogP contribution in [0, 0.1) is 36.5 Å². The van der Waals surface area contributed by atoms with Crippen LogP contribution >= 0.6 is 0 Å². The van der Waals surface area contributed by atoms with Gasteiger partial charge in [0, 0.05) is 32.4 Å². The summed E-state index contributed by atoms with van der Waals surface area (Å²) in [5.74, 6) is 1.46. The minimum atomic E-state index is 0.598. The summed E-state index contributed by atoms with van der Waals surface area (Å²) in [6.07, 6.45) is 1.66. The zero-order valence-electron chi connectivity index (χ0n) is 13.7. The number of aryl methyl sites for hydroxylation is 1. The normalized spacial score (nSPS) is 14.2. The van der Waals surface area contributed by atoms with Gasteiger partial charge < -0.3 is 9.80 Å². The van der Waals surface area contributed by atoms with Crippen LogP contribution in [0.4, 0.5) is 11.6 Å². The molecule has 0 aliphatic carbocycles. The van der Waals surface area contributed by atoms with Crippen molar-refractivity contribution >= 4 is 11.6 Å². The number of hydrogen-bond donors (Lipinski definition) is 0. The lowest BCUT2D eigenvalue weighted by Gasteiger charge is -2.36. The molecular formula is C17H17N7. The number of nitriles is 2. The van der Waals surface area contributed by atoms with Gasteiger partial charge in [0.05, 0.1) is 17.3 Å². The van der Waals surface area contributed by atoms with E-state index in [-0.39, 0.29) is 0 Å². The molecule has 0 saturated carbocycles. The van der Waals surface area contributed by atoms with E-state index in [0.29, 0.717) is 16.9 Å². The molecule has 1 saturated heterocycles. The second kappa shape index (κ2) is 6.51. The van der Waals surface area contributed by atoms with Crippen molar-refractivity contribution < 1.29 is 0 Å². The number of aromatic nitrogens is 3. The lowest BCUT2D eigenvalue weighted by Crippen LogP contribution is -2.47. The molecule has 0 atom stereocenters. The van der Waals surface area contributed by atoms with Crippen LogP contribution in [0.1, 0.15) is 22.4 Å². The van der Waals surface area contributed by atoms with Gasteiger partial charge >= 0.3 is 0 Å². The molecule has 0 N–H and O–H groups in total. The molecule has 1 aliphatic rings.